The Morgan fingerprint density at radius 3 is 2.26 bits per heavy atom. The summed E-state index contributed by atoms with van der Waals surface area (Å²) in [5.74, 6) is -1.35. The van der Waals surface area contributed by atoms with E-state index in [-0.39, 0.29) is 25.2 Å². The fourth-order valence-corrected chi connectivity index (χ4v) is 1.31. The van der Waals surface area contributed by atoms with Crippen LogP contribution in [0.15, 0.2) is 0 Å². The van der Waals surface area contributed by atoms with Gasteiger partial charge in [0.15, 0.2) is 0 Å². The summed E-state index contributed by atoms with van der Waals surface area (Å²) in [6.07, 6.45) is -0.744. The second kappa shape index (κ2) is 7.89. The van der Waals surface area contributed by atoms with Crippen LogP contribution in [0.4, 0.5) is 0 Å². The van der Waals surface area contributed by atoms with E-state index in [1.165, 1.54) is 13.8 Å². The number of esters is 2. The summed E-state index contributed by atoms with van der Waals surface area (Å²) in [7, 11) is 0. The first-order valence-electron chi connectivity index (χ1n) is 6.17. The van der Waals surface area contributed by atoms with Gasteiger partial charge in [-0.1, -0.05) is 0 Å². The Morgan fingerprint density at radius 2 is 1.79 bits per heavy atom. The zero-order chi connectivity index (χ0) is 15.1. The highest BCUT2D eigenvalue weighted by atomic mass is 16.6. The van der Waals surface area contributed by atoms with Crippen LogP contribution in [0.2, 0.25) is 0 Å². The lowest BCUT2D eigenvalue weighted by atomic mass is 10.1. The van der Waals surface area contributed by atoms with Gasteiger partial charge in [0.05, 0.1) is 19.1 Å². The maximum absolute atomic E-state index is 11.3. The topological polar surface area (TPSA) is 89.9 Å². The van der Waals surface area contributed by atoms with Crippen molar-refractivity contribution in [2.24, 2.45) is 0 Å². The molecule has 1 N–H and O–H groups in total. The molecule has 0 bridgehead atoms. The first-order valence-corrected chi connectivity index (χ1v) is 6.17. The minimum absolute atomic E-state index is 0.0649. The maximum Gasteiger partial charge on any atom is 0.313 e. The van der Waals surface area contributed by atoms with Gasteiger partial charge in [-0.25, -0.2) is 0 Å². The van der Waals surface area contributed by atoms with Crippen molar-refractivity contribution in [2.45, 2.75) is 58.7 Å². The van der Waals surface area contributed by atoms with E-state index in [9.17, 15) is 14.4 Å². The van der Waals surface area contributed by atoms with Crippen molar-refractivity contribution >= 4 is 17.7 Å². The molecule has 1 atom stereocenters. The van der Waals surface area contributed by atoms with Gasteiger partial charge in [0.1, 0.15) is 17.8 Å². The molecular weight excluding hydrogens is 252 g/mol. The summed E-state index contributed by atoms with van der Waals surface area (Å²) >= 11 is 0. The zero-order valence-electron chi connectivity index (χ0n) is 11.9. The molecular formula is C13H22O6. The quantitative estimate of drug-likeness (QED) is 0.524. The zero-order valence-corrected chi connectivity index (χ0v) is 11.9. The highest BCUT2D eigenvalue weighted by molar-refractivity contribution is 5.94. The highest BCUT2D eigenvalue weighted by Gasteiger charge is 2.24. The molecule has 0 fully saturated rings. The third-order valence-corrected chi connectivity index (χ3v) is 2.21. The number of hydrogen-bond donors (Lipinski definition) is 1. The molecule has 0 aliphatic rings. The van der Waals surface area contributed by atoms with Gasteiger partial charge in [0.2, 0.25) is 0 Å². The number of aliphatic hydroxyl groups excluding tert-OH is 1. The van der Waals surface area contributed by atoms with E-state index in [1.807, 2.05) is 0 Å². The van der Waals surface area contributed by atoms with Crippen LogP contribution in [0.25, 0.3) is 0 Å². The number of carbonyl (C=O) groups is 3. The highest BCUT2D eigenvalue weighted by Crippen LogP contribution is 2.15. The molecule has 0 aliphatic heterocycles. The third kappa shape index (κ3) is 10.2. The van der Waals surface area contributed by atoms with Crippen LogP contribution >= 0.6 is 0 Å². The Morgan fingerprint density at radius 1 is 1.21 bits per heavy atom. The van der Waals surface area contributed by atoms with Gasteiger partial charge in [-0.05, 0) is 27.7 Å². The first-order chi connectivity index (χ1) is 8.62. The van der Waals surface area contributed by atoms with Crippen LogP contribution < -0.4 is 0 Å². The maximum atomic E-state index is 11.3. The van der Waals surface area contributed by atoms with Gasteiger partial charge in [0.25, 0.3) is 0 Å². The van der Waals surface area contributed by atoms with Crippen LogP contribution in [0.1, 0.15) is 47.0 Å². The summed E-state index contributed by atoms with van der Waals surface area (Å²) in [5.41, 5.74) is -0.808. The van der Waals surface area contributed by atoms with Crippen molar-refractivity contribution in [3.05, 3.63) is 0 Å². The third-order valence-electron chi connectivity index (χ3n) is 2.21. The predicted molar refractivity (Wildman–Crippen MR) is 67.3 cm³/mol. The molecule has 110 valence electrons. The number of ether oxygens (including phenoxy) is 2. The summed E-state index contributed by atoms with van der Waals surface area (Å²) in [5, 5.41) is 8.98. The van der Waals surface area contributed by atoms with E-state index < -0.39 is 23.6 Å². The van der Waals surface area contributed by atoms with Crippen molar-refractivity contribution in [3.63, 3.8) is 0 Å². The van der Waals surface area contributed by atoms with E-state index in [1.54, 1.807) is 13.8 Å². The predicted octanol–water partition coefficient (Wildman–Crippen LogP) is 0.992. The summed E-state index contributed by atoms with van der Waals surface area (Å²) < 4.78 is 10.0. The van der Waals surface area contributed by atoms with E-state index >= 15 is 0 Å². The molecule has 0 rings (SSSR count). The molecule has 0 saturated carbocycles. The number of Topliss-reactive ketones (excluding diaryl/α,β-unsaturated/α-hetero) is 1. The molecule has 19 heavy (non-hydrogen) atoms. The van der Waals surface area contributed by atoms with Crippen molar-refractivity contribution in [2.75, 3.05) is 6.61 Å². The molecule has 0 aliphatic carbocycles. The van der Waals surface area contributed by atoms with Crippen molar-refractivity contribution in [1.82, 2.24) is 0 Å². The standard InChI is InChI=1S/C13H22O6/c1-9(14)7-11(16)18-6-5-13(3,4)19-12(17)8-10(2)15/h9,14H,5-8H2,1-4H3/t9-/m0/s1. The van der Waals surface area contributed by atoms with Gasteiger partial charge in [0, 0.05) is 6.42 Å². The van der Waals surface area contributed by atoms with Gasteiger partial charge in [-0.3, -0.25) is 14.4 Å². The molecule has 0 aromatic heterocycles. The molecule has 0 aromatic rings. The van der Waals surface area contributed by atoms with Crippen LogP contribution in [0, 0.1) is 0 Å². The molecule has 0 radical (unpaired) electrons. The normalized spacial score (nSPS) is 12.7. The molecule has 0 spiro atoms. The summed E-state index contributed by atoms with van der Waals surface area (Å²) in [4.78, 5) is 33.3. The van der Waals surface area contributed by atoms with Crippen LogP contribution in [-0.4, -0.2) is 41.1 Å². The first kappa shape index (κ1) is 17.6. The molecule has 0 unspecified atom stereocenters. The Kier molecular flexibility index (Phi) is 7.29. The second-order valence-corrected chi connectivity index (χ2v) is 5.14. The van der Waals surface area contributed by atoms with Crippen LogP contribution in [0.3, 0.4) is 0 Å². The minimum atomic E-state index is -0.808. The minimum Gasteiger partial charge on any atom is -0.465 e. The lowest BCUT2D eigenvalue weighted by molar-refractivity contribution is -0.160. The Labute approximate surface area is 113 Å². The largest absolute Gasteiger partial charge is 0.465 e. The average molecular weight is 274 g/mol. The second-order valence-electron chi connectivity index (χ2n) is 5.14. The van der Waals surface area contributed by atoms with Gasteiger partial charge >= 0.3 is 11.9 Å². The number of rotatable bonds is 8. The monoisotopic (exact) mass is 274 g/mol. The molecule has 0 saturated heterocycles. The number of ketones is 1. The number of carbonyl (C=O) groups excluding carboxylic acids is 3. The van der Waals surface area contributed by atoms with Crippen LogP contribution in [0.5, 0.6) is 0 Å². The summed E-state index contributed by atoms with van der Waals surface area (Å²) in [6, 6.07) is 0. The summed E-state index contributed by atoms with van der Waals surface area (Å²) in [6.45, 7) is 6.24. The smallest absolute Gasteiger partial charge is 0.313 e. The fourth-order valence-electron chi connectivity index (χ4n) is 1.31. The number of hydrogen-bond acceptors (Lipinski definition) is 6. The molecule has 6 heteroatoms. The van der Waals surface area contributed by atoms with E-state index in [0.29, 0.717) is 6.42 Å². The van der Waals surface area contributed by atoms with E-state index in [0.717, 1.165) is 0 Å². The van der Waals surface area contributed by atoms with Crippen molar-refractivity contribution < 1.29 is 29.0 Å². The molecule has 0 aromatic carbocycles. The van der Waals surface area contributed by atoms with Gasteiger partial charge in [-0.15, -0.1) is 0 Å². The lowest BCUT2D eigenvalue weighted by Crippen LogP contribution is -2.30. The Bertz CT molecular complexity index is 332. The number of aliphatic hydroxyl groups is 1. The van der Waals surface area contributed by atoms with E-state index in [4.69, 9.17) is 14.6 Å². The molecule has 6 nitrogen and oxygen atoms in total. The van der Waals surface area contributed by atoms with Crippen molar-refractivity contribution in [1.29, 1.82) is 0 Å². The molecule has 0 amide bonds. The van der Waals surface area contributed by atoms with E-state index in [2.05, 4.69) is 0 Å². The Balaban J connectivity index is 3.99. The lowest BCUT2D eigenvalue weighted by Gasteiger charge is -2.24. The molecule has 0 heterocycles. The fraction of sp³-hybridized carbons (Fsp3) is 0.769. The Hall–Kier alpha value is -1.43. The van der Waals surface area contributed by atoms with Gasteiger partial charge < -0.3 is 14.6 Å². The SMILES string of the molecule is CC(=O)CC(=O)OC(C)(C)CCOC(=O)C[C@H](C)O. The average Bonchev–Trinajstić information content (AvgIpc) is 2.12. The van der Waals surface area contributed by atoms with Crippen LogP contribution in [-0.2, 0) is 23.9 Å². The van der Waals surface area contributed by atoms with Crippen molar-refractivity contribution in [3.8, 4) is 0 Å². The van der Waals surface area contributed by atoms with Gasteiger partial charge in [-0.2, -0.15) is 0 Å².